The highest BCUT2D eigenvalue weighted by molar-refractivity contribution is 7.91. The van der Waals surface area contributed by atoms with Gasteiger partial charge in [0.1, 0.15) is 0 Å². The van der Waals surface area contributed by atoms with Crippen LogP contribution in [-0.4, -0.2) is 30.6 Å². The van der Waals surface area contributed by atoms with Crippen LogP contribution < -0.4 is 0 Å². The minimum absolute atomic E-state index is 0.200. The van der Waals surface area contributed by atoms with Crippen LogP contribution in [0.4, 0.5) is 0 Å². The zero-order valence-corrected chi connectivity index (χ0v) is 10.2. The van der Waals surface area contributed by atoms with Gasteiger partial charge in [0.15, 0.2) is 9.84 Å². The van der Waals surface area contributed by atoms with E-state index in [2.05, 4.69) is 0 Å². The first-order valence-electron chi connectivity index (χ1n) is 5.29. The predicted octanol–water partition coefficient (Wildman–Crippen LogP) is 1.75. The Kier molecular flexibility index (Phi) is 6.36. The maximum atomic E-state index is 11.4. The Morgan fingerprint density at radius 1 is 1.21 bits per heavy atom. The summed E-state index contributed by atoms with van der Waals surface area (Å²) in [5.74, 6) is 0.200. The van der Waals surface area contributed by atoms with Gasteiger partial charge in [-0.1, -0.05) is 13.3 Å². The normalized spacial score (nSPS) is 14.6. The quantitative estimate of drug-likeness (QED) is 0.714. The SMILES string of the molecule is CCCC(O)CCCS(=O)(=O)C(C)C. The molecule has 0 aliphatic rings. The molecule has 4 heteroatoms. The molecule has 0 aromatic carbocycles. The number of aliphatic hydroxyl groups excluding tert-OH is 1. The van der Waals surface area contributed by atoms with Crippen LogP contribution in [0.5, 0.6) is 0 Å². The van der Waals surface area contributed by atoms with Crippen LogP contribution in [-0.2, 0) is 9.84 Å². The van der Waals surface area contributed by atoms with Crippen LogP contribution in [0, 0.1) is 0 Å². The molecule has 14 heavy (non-hydrogen) atoms. The molecule has 0 aliphatic heterocycles. The summed E-state index contributed by atoms with van der Waals surface area (Å²) in [4.78, 5) is 0. The standard InChI is InChI=1S/C10H22O3S/c1-4-6-10(11)7-5-8-14(12,13)9(2)3/h9-11H,4-8H2,1-3H3. The Balaban J connectivity index is 3.74. The Bertz CT molecular complexity index is 232. The molecule has 0 aliphatic carbocycles. The lowest BCUT2D eigenvalue weighted by Crippen LogP contribution is -2.19. The zero-order chi connectivity index (χ0) is 11.2. The van der Waals surface area contributed by atoms with Crippen molar-refractivity contribution in [2.75, 3.05) is 5.75 Å². The van der Waals surface area contributed by atoms with Gasteiger partial charge in [-0.2, -0.15) is 0 Å². The van der Waals surface area contributed by atoms with E-state index in [0.717, 1.165) is 12.8 Å². The molecule has 0 spiro atoms. The largest absolute Gasteiger partial charge is 0.393 e. The van der Waals surface area contributed by atoms with Gasteiger partial charge in [-0.3, -0.25) is 0 Å². The van der Waals surface area contributed by atoms with Crippen molar-refractivity contribution in [3.8, 4) is 0 Å². The van der Waals surface area contributed by atoms with E-state index < -0.39 is 9.84 Å². The lowest BCUT2D eigenvalue weighted by Gasteiger charge is -2.10. The number of rotatable bonds is 7. The Hall–Kier alpha value is -0.0900. The van der Waals surface area contributed by atoms with Gasteiger partial charge in [-0.15, -0.1) is 0 Å². The average Bonchev–Trinajstić information content (AvgIpc) is 2.04. The van der Waals surface area contributed by atoms with Crippen molar-refractivity contribution in [3.05, 3.63) is 0 Å². The van der Waals surface area contributed by atoms with Gasteiger partial charge in [-0.05, 0) is 33.1 Å². The summed E-state index contributed by atoms with van der Waals surface area (Å²) in [6.45, 7) is 5.39. The lowest BCUT2D eigenvalue weighted by atomic mass is 10.1. The summed E-state index contributed by atoms with van der Waals surface area (Å²) in [6.07, 6.45) is 2.55. The minimum Gasteiger partial charge on any atom is -0.393 e. The van der Waals surface area contributed by atoms with Crippen molar-refractivity contribution >= 4 is 9.84 Å². The van der Waals surface area contributed by atoms with Crippen LogP contribution in [0.3, 0.4) is 0 Å². The fourth-order valence-electron chi connectivity index (χ4n) is 1.23. The van der Waals surface area contributed by atoms with Crippen LogP contribution in [0.1, 0.15) is 46.5 Å². The van der Waals surface area contributed by atoms with Crippen molar-refractivity contribution in [2.45, 2.75) is 57.8 Å². The molecule has 1 atom stereocenters. The third kappa shape index (κ3) is 5.60. The second-order valence-electron chi connectivity index (χ2n) is 4.00. The fourth-order valence-corrected chi connectivity index (χ4v) is 2.27. The molecular weight excluding hydrogens is 200 g/mol. The molecule has 0 radical (unpaired) electrons. The smallest absolute Gasteiger partial charge is 0.152 e. The molecule has 0 heterocycles. The molecule has 0 saturated heterocycles. The average molecular weight is 222 g/mol. The number of sulfone groups is 1. The van der Waals surface area contributed by atoms with Crippen molar-refractivity contribution in [1.82, 2.24) is 0 Å². The van der Waals surface area contributed by atoms with Gasteiger partial charge in [0.25, 0.3) is 0 Å². The van der Waals surface area contributed by atoms with Crippen molar-refractivity contribution in [2.24, 2.45) is 0 Å². The fraction of sp³-hybridized carbons (Fsp3) is 1.00. The van der Waals surface area contributed by atoms with Gasteiger partial charge in [0, 0.05) is 0 Å². The van der Waals surface area contributed by atoms with E-state index in [4.69, 9.17) is 0 Å². The van der Waals surface area contributed by atoms with Gasteiger partial charge in [-0.25, -0.2) is 8.42 Å². The summed E-state index contributed by atoms with van der Waals surface area (Å²) < 4.78 is 22.8. The number of hydrogen-bond acceptors (Lipinski definition) is 3. The van der Waals surface area contributed by atoms with Gasteiger partial charge < -0.3 is 5.11 Å². The Labute approximate surface area is 87.4 Å². The van der Waals surface area contributed by atoms with Crippen molar-refractivity contribution < 1.29 is 13.5 Å². The summed E-state index contributed by atoms with van der Waals surface area (Å²) >= 11 is 0. The molecule has 0 saturated carbocycles. The van der Waals surface area contributed by atoms with Gasteiger partial charge in [0.05, 0.1) is 17.1 Å². The molecule has 0 bridgehead atoms. The monoisotopic (exact) mass is 222 g/mol. The maximum absolute atomic E-state index is 11.4. The highest BCUT2D eigenvalue weighted by Crippen LogP contribution is 2.08. The highest BCUT2D eigenvalue weighted by Gasteiger charge is 2.15. The lowest BCUT2D eigenvalue weighted by molar-refractivity contribution is 0.153. The second kappa shape index (κ2) is 6.40. The predicted molar refractivity (Wildman–Crippen MR) is 59.1 cm³/mol. The van der Waals surface area contributed by atoms with E-state index in [1.807, 2.05) is 6.92 Å². The molecule has 3 nitrogen and oxygen atoms in total. The van der Waals surface area contributed by atoms with Crippen LogP contribution >= 0.6 is 0 Å². The summed E-state index contributed by atoms with van der Waals surface area (Å²) in [5.41, 5.74) is 0. The molecule has 0 fully saturated rings. The minimum atomic E-state index is -2.92. The van der Waals surface area contributed by atoms with E-state index in [9.17, 15) is 13.5 Å². The molecule has 0 aromatic rings. The first-order valence-corrected chi connectivity index (χ1v) is 7.01. The van der Waals surface area contributed by atoms with E-state index >= 15 is 0 Å². The third-order valence-corrected chi connectivity index (χ3v) is 4.60. The zero-order valence-electron chi connectivity index (χ0n) is 9.36. The first-order chi connectivity index (χ1) is 6.40. The summed E-state index contributed by atoms with van der Waals surface area (Å²) in [7, 11) is -2.92. The molecule has 0 rings (SSSR count). The number of hydrogen-bond donors (Lipinski definition) is 1. The second-order valence-corrected chi connectivity index (χ2v) is 6.68. The number of aliphatic hydroxyl groups is 1. The summed E-state index contributed by atoms with van der Waals surface area (Å²) in [6, 6.07) is 0. The third-order valence-electron chi connectivity index (χ3n) is 2.31. The summed E-state index contributed by atoms with van der Waals surface area (Å²) in [5, 5.41) is 9.09. The van der Waals surface area contributed by atoms with E-state index in [-0.39, 0.29) is 17.1 Å². The maximum Gasteiger partial charge on any atom is 0.152 e. The highest BCUT2D eigenvalue weighted by atomic mass is 32.2. The molecule has 86 valence electrons. The van der Waals surface area contributed by atoms with E-state index in [1.54, 1.807) is 13.8 Å². The molecule has 0 aromatic heterocycles. The van der Waals surface area contributed by atoms with E-state index in [0.29, 0.717) is 12.8 Å². The van der Waals surface area contributed by atoms with Gasteiger partial charge >= 0.3 is 0 Å². The van der Waals surface area contributed by atoms with Crippen molar-refractivity contribution in [1.29, 1.82) is 0 Å². The molecule has 1 unspecified atom stereocenters. The van der Waals surface area contributed by atoms with Crippen LogP contribution in [0.2, 0.25) is 0 Å². The topological polar surface area (TPSA) is 54.4 Å². The molecule has 0 amide bonds. The van der Waals surface area contributed by atoms with Crippen LogP contribution in [0.15, 0.2) is 0 Å². The first kappa shape index (κ1) is 13.9. The molecular formula is C10H22O3S. The Morgan fingerprint density at radius 2 is 1.79 bits per heavy atom. The van der Waals surface area contributed by atoms with Gasteiger partial charge in [0.2, 0.25) is 0 Å². The van der Waals surface area contributed by atoms with Crippen molar-refractivity contribution in [3.63, 3.8) is 0 Å². The van der Waals surface area contributed by atoms with Crippen LogP contribution in [0.25, 0.3) is 0 Å². The molecule has 1 N–H and O–H groups in total. The Morgan fingerprint density at radius 3 is 2.21 bits per heavy atom. The van der Waals surface area contributed by atoms with E-state index in [1.165, 1.54) is 0 Å².